The van der Waals surface area contributed by atoms with Gasteiger partial charge in [0.25, 0.3) is 0 Å². The van der Waals surface area contributed by atoms with E-state index in [1.165, 1.54) is 6.08 Å². The summed E-state index contributed by atoms with van der Waals surface area (Å²) in [5.74, 6) is -0.872. The van der Waals surface area contributed by atoms with Crippen molar-refractivity contribution >= 4 is 17.8 Å². The Kier molecular flexibility index (Phi) is 3.08. The molecule has 0 spiro atoms. The van der Waals surface area contributed by atoms with E-state index < -0.39 is 17.8 Å². The predicted octanol–water partition coefficient (Wildman–Crippen LogP) is 1.42. The lowest BCUT2D eigenvalue weighted by Crippen LogP contribution is -2.54. The van der Waals surface area contributed by atoms with Crippen LogP contribution in [0.15, 0.2) is 24.4 Å². The number of carbonyl (C=O) groups excluding carboxylic acids is 3. The molecule has 1 aliphatic carbocycles. The number of nitrogens with zero attached hydrogens (tertiary/aromatic N) is 2. The first-order valence-electron chi connectivity index (χ1n) is 5.62. The van der Waals surface area contributed by atoms with E-state index in [2.05, 4.69) is 6.58 Å². The van der Waals surface area contributed by atoms with E-state index in [0.717, 1.165) is 28.3 Å². The highest BCUT2D eigenvalue weighted by Gasteiger charge is 2.39. The molecule has 1 aliphatic heterocycles. The largest absolute Gasteiger partial charge is 0.338 e. The molecule has 0 saturated carbocycles. The Bertz CT molecular complexity index is 425. The molecule has 0 bridgehead atoms. The van der Waals surface area contributed by atoms with Crippen molar-refractivity contribution in [2.45, 2.75) is 25.7 Å². The number of imide groups is 2. The van der Waals surface area contributed by atoms with Gasteiger partial charge in [-0.2, -0.15) is 0 Å². The smallest absolute Gasteiger partial charge is 0.274 e. The van der Waals surface area contributed by atoms with Crippen molar-refractivity contribution in [1.29, 1.82) is 0 Å². The van der Waals surface area contributed by atoms with Gasteiger partial charge >= 0.3 is 6.03 Å². The maximum atomic E-state index is 12.0. The highest BCUT2D eigenvalue weighted by molar-refractivity contribution is 6.15. The van der Waals surface area contributed by atoms with Gasteiger partial charge in [0.1, 0.15) is 6.42 Å². The van der Waals surface area contributed by atoms with Crippen molar-refractivity contribution in [1.82, 2.24) is 9.80 Å². The zero-order chi connectivity index (χ0) is 12.4. The van der Waals surface area contributed by atoms with Crippen molar-refractivity contribution in [3.63, 3.8) is 0 Å². The second-order valence-corrected chi connectivity index (χ2v) is 4.07. The summed E-state index contributed by atoms with van der Waals surface area (Å²) < 4.78 is 0. The SMILES string of the molecule is C=CCN1C(=O)CC(=O)N(C2=CCCC2)C1=O. The van der Waals surface area contributed by atoms with E-state index in [1.54, 1.807) is 0 Å². The van der Waals surface area contributed by atoms with Crippen molar-refractivity contribution in [2.24, 2.45) is 0 Å². The molecular formula is C12H14N2O3. The summed E-state index contributed by atoms with van der Waals surface area (Å²) in [5, 5.41) is 0. The Balaban J connectivity index is 2.25. The van der Waals surface area contributed by atoms with Crippen LogP contribution in [0.2, 0.25) is 0 Å². The molecular weight excluding hydrogens is 220 g/mol. The van der Waals surface area contributed by atoms with Crippen molar-refractivity contribution in [2.75, 3.05) is 6.54 Å². The van der Waals surface area contributed by atoms with E-state index in [-0.39, 0.29) is 13.0 Å². The van der Waals surface area contributed by atoms with Gasteiger partial charge in [-0.3, -0.25) is 14.5 Å². The van der Waals surface area contributed by atoms with Crippen LogP contribution in [0.3, 0.4) is 0 Å². The molecule has 5 nitrogen and oxygen atoms in total. The van der Waals surface area contributed by atoms with Crippen LogP contribution in [0, 0.1) is 0 Å². The molecule has 17 heavy (non-hydrogen) atoms. The van der Waals surface area contributed by atoms with Crippen LogP contribution in [0.5, 0.6) is 0 Å². The molecule has 0 aromatic rings. The monoisotopic (exact) mass is 234 g/mol. The third-order valence-electron chi connectivity index (χ3n) is 2.89. The Labute approximate surface area is 99.4 Å². The average molecular weight is 234 g/mol. The minimum atomic E-state index is -0.542. The molecule has 1 saturated heterocycles. The zero-order valence-electron chi connectivity index (χ0n) is 9.52. The Morgan fingerprint density at radius 3 is 2.65 bits per heavy atom. The number of barbiturate groups is 1. The molecule has 0 N–H and O–H groups in total. The van der Waals surface area contributed by atoms with Crippen LogP contribution < -0.4 is 0 Å². The van der Waals surface area contributed by atoms with E-state index in [9.17, 15) is 14.4 Å². The zero-order valence-corrected chi connectivity index (χ0v) is 9.52. The number of allylic oxidation sites excluding steroid dienone is 2. The van der Waals surface area contributed by atoms with E-state index >= 15 is 0 Å². The lowest BCUT2D eigenvalue weighted by atomic mass is 10.2. The summed E-state index contributed by atoms with van der Waals surface area (Å²) in [6.45, 7) is 3.65. The molecule has 90 valence electrons. The molecule has 1 fully saturated rings. The number of hydrogen-bond donors (Lipinski definition) is 0. The molecule has 1 heterocycles. The fourth-order valence-electron chi connectivity index (χ4n) is 2.09. The summed E-state index contributed by atoms with van der Waals surface area (Å²) in [6, 6.07) is -0.542. The predicted molar refractivity (Wildman–Crippen MR) is 60.7 cm³/mol. The normalized spacial score (nSPS) is 20.9. The van der Waals surface area contributed by atoms with Gasteiger partial charge in [-0.1, -0.05) is 12.2 Å². The maximum Gasteiger partial charge on any atom is 0.338 e. The lowest BCUT2D eigenvalue weighted by Gasteiger charge is -2.32. The van der Waals surface area contributed by atoms with Crippen LogP contribution in [0.4, 0.5) is 4.79 Å². The van der Waals surface area contributed by atoms with Crippen molar-refractivity contribution in [3.05, 3.63) is 24.4 Å². The third kappa shape index (κ3) is 2.00. The summed E-state index contributed by atoms with van der Waals surface area (Å²) in [6.07, 6.45) is 5.67. The Hall–Kier alpha value is -1.91. The topological polar surface area (TPSA) is 57.7 Å². The third-order valence-corrected chi connectivity index (χ3v) is 2.89. The van der Waals surface area contributed by atoms with Gasteiger partial charge in [-0.15, -0.1) is 6.58 Å². The first-order valence-corrected chi connectivity index (χ1v) is 5.62. The first-order chi connectivity index (χ1) is 8.15. The summed E-state index contributed by atoms with van der Waals surface area (Å²) in [5.41, 5.74) is 0.724. The highest BCUT2D eigenvalue weighted by atomic mass is 16.2. The van der Waals surface area contributed by atoms with Crippen LogP contribution in [0.25, 0.3) is 0 Å². The van der Waals surface area contributed by atoms with E-state index in [1.807, 2.05) is 6.08 Å². The second-order valence-electron chi connectivity index (χ2n) is 4.07. The second kappa shape index (κ2) is 4.53. The molecule has 0 aromatic carbocycles. The molecule has 2 rings (SSSR count). The van der Waals surface area contributed by atoms with Crippen LogP contribution in [0.1, 0.15) is 25.7 Å². The highest BCUT2D eigenvalue weighted by Crippen LogP contribution is 2.26. The van der Waals surface area contributed by atoms with Gasteiger partial charge in [0, 0.05) is 12.2 Å². The summed E-state index contributed by atoms with van der Waals surface area (Å²) in [4.78, 5) is 37.5. The molecule has 5 heteroatoms. The number of urea groups is 1. The summed E-state index contributed by atoms with van der Waals surface area (Å²) in [7, 11) is 0. The minimum absolute atomic E-state index is 0.148. The van der Waals surface area contributed by atoms with Gasteiger partial charge in [-0.05, 0) is 19.3 Å². The van der Waals surface area contributed by atoms with Gasteiger partial charge in [-0.25, -0.2) is 9.69 Å². The minimum Gasteiger partial charge on any atom is -0.274 e. The quantitative estimate of drug-likeness (QED) is 0.548. The number of rotatable bonds is 3. The van der Waals surface area contributed by atoms with Crippen LogP contribution in [-0.4, -0.2) is 34.2 Å². The molecule has 4 amide bonds. The van der Waals surface area contributed by atoms with Crippen LogP contribution in [-0.2, 0) is 9.59 Å². The number of carbonyl (C=O) groups is 3. The first kappa shape index (κ1) is 11.6. The summed E-state index contributed by atoms with van der Waals surface area (Å²) >= 11 is 0. The van der Waals surface area contributed by atoms with Crippen LogP contribution >= 0.6 is 0 Å². The molecule has 2 aliphatic rings. The fraction of sp³-hybridized carbons (Fsp3) is 0.417. The number of amides is 4. The standard InChI is InChI=1S/C12H14N2O3/c1-2-7-13-10(15)8-11(16)14(12(13)17)9-5-3-4-6-9/h2,5H,1,3-4,6-8H2. The van der Waals surface area contributed by atoms with Gasteiger partial charge in [0.2, 0.25) is 11.8 Å². The van der Waals surface area contributed by atoms with Gasteiger partial charge < -0.3 is 0 Å². The average Bonchev–Trinajstić information content (AvgIpc) is 2.77. The van der Waals surface area contributed by atoms with Gasteiger partial charge in [0.15, 0.2) is 0 Å². The van der Waals surface area contributed by atoms with Gasteiger partial charge in [0.05, 0.1) is 0 Å². The molecule has 0 unspecified atom stereocenters. The Morgan fingerprint density at radius 1 is 1.29 bits per heavy atom. The molecule has 0 radical (unpaired) electrons. The van der Waals surface area contributed by atoms with Crippen molar-refractivity contribution in [3.8, 4) is 0 Å². The number of hydrogen-bond acceptors (Lipinski definition) is 3. The van der Waals surface area contributed by atoms with E-state index in [0.29, 0.717) is 6.42 Å². The van der Waals surface area contributed by atoms with E-state index in [4.69, 9.17) is 0 Å². The fourth-order valence-corrected chi connectivity index (χ4v) is 2.09. The lowest BCUT2D eigenvalue weighted by molar-refractivity contribution is -0.140. The Morgan fingerprint density at radius 2 is 2.06 bits per heavy atom. The molecule has 0 aromatic heterocycles. The van der Waals surface area contributed by atoms with Crippen molar-refractivity contribution < 1.29 is 14.4 Å². The molecule has 0 atom stereocenters. The maximum absolute atomic E-state index is 12.0.